The number of hydrogen-bond donors (Lipinski definition) is 0. The van der Waals surface area contributed by atoms with Gasteiger partial charge in [-0.3, -0.25) is 9.80 Å². The van der Waals surface area contributed by atoms with E-state index in [1.807, 2.05) is 90.9 Å². The minimum absolute atomic E-state index is 0.250. The maximum atomic E-state index is 12.7. The first-order valence-corrected chi connectivity index (χ1v) is 15.7. The highest BCUT2D eigenvalue weighted by Crippen LogP contribution is 2.44. The van der Waals surface area contributed by atoms with Gasteiger partial charge in [-0.2, -0.15) is 19.2 Å². The van der Waals surface area contributed by atoms with Crippen molar-refractivity contribution in [1.82, 2.24) is 0 Å². The van der Waals surface area contributed by atoms with Crippen LogP contribution in [0.2, 0.25) is 0 Å². The van der Waals surface area contributed by atoms with Crippen LogP contribution >= 0.6 is 0 Å². The second-order valence-electron chi connectivity index (χ2n) is 14.0. The van der Waals surface area contributed by atoms with Crippen LogP contribution in [-0.4, -0.2) is 67.3 Å². The summed E-state index contributed by atoms with van der Waals surface area (Å²) in [4.78, 5) is 72.3. The maximum absolute atomic E-state index is 12.7. The van der Waals surface area contributed by atoms with Gasteiger partial charge in [0.15, 0.2) is 0 Å². The second-order valence-corrected chi connectivity index (χ2v) is 14.0. The smallest absolute Gasteiger partial charge is 0.415 e. The number of hydrogen-bond acceptors (Lipinski definition) is 11. The second kappa shape index (κ2) is 17.9. The van der Waals surface area contributed by atoms with Crippen molar-refractivity contribution >= 4 is 42.2 Å². The molecular weight excluding hydrogens is 648 g/mol. The van der Waals surface area contributed by atoms with E-state index in [0.29, 0.717) is 18.6 Å². The van der Waals surface area contributed by atoms with Crippen LogP contribution in [-0.2, 0) is 46.3 Å². The van der Waals surface area contributed by atoms with Crippen LogP contribution in [0, 0.1) is 0 Å². The van der Waals surface area contributed by atoms with E-state index in [-0.39, 0.29) is 30.4 Å². The molecule has 13 nitrogen and oxygen atoms in total. The van der Waals surface area contributed by atoms with Crippen LogP contribution < -0.4 is 19.3 Å². The molecular formula is C37H48N2O11. The molecule has 2 atom stereocenters. The van der Waals surface area contributed by atoms with Gasteiger partial charge in [-0.1, -0.05) is 18.2 Å². The van der Waals surface area contributed by atoms with Crippen LogP contribution in [0.3, 0.4) is 0 Å². The summed E-state index contributed by atoms with van der Waals surface area (Å²) < 4.78 is 21.7. The summed E-state index contributed by atoms with van der Waals surface area (Å²) in [5, 5.41) is 0. The molecule has 0 N–H and O–H groups in total. The van der Waals surface area contributed by atoms with Crippen molar-refractivity contribution in [1.29, 1.82) is 0 Å². The molecule has 272 valence electrons. The molecule has 0 aromatic heterocycles. The van der Waals surface area contributed by atoms with Crippen molar-refractivity contribution < 1.29 is 52.5 Å². The van der Waals surface area contributed by atoms with E-state index in [9.17, 15) is 14.4 Å². The number of benzene rings is 2. The number of fused-ring (bicyclic) bond motifs is 2. The molecule has 2 heterocycles. The molecule has 13 heteroatoms. The average molecular weight is 697 g/mol. The first-order chi connectivity index (χ1) is 23.2. The van der Waals surface area contributed by atoms with Crippen LogP contribution in [0.5, 0.6) is 11.5 Å². The van der Waals surface area contributed by atoms with Crippen molar-refractivity contribution in [3.63, 3.8) is 0 Å². The molecule has 0 spiro atoms. The van der Waals surface area contributed by atoms with Gasteiger partial charge >= 0.3 is 24.5 Å². The lowest BCUT2D eigenvalue weighted by Gasteiger charge is -2.36. The number of methoxy groups -OCH3 is 2. The van der Waals surface area contributed by atoms with Crippen LogP contribution in [0.4, 0.5) is 21.0 Å². The number of nitrogens with zero attached hydrogens (tertiary/aromatic N) is 2. The van der Waals surface area contributed by atoms with Gasteiger partial charge in [0.05, 0.1) is 36.7 Å². The Bertz CT molecular complexity index is 1460. The summed E-state index contributed by atoms with van der Waals surface area (Å²) in [6.45, 7) is 18.9. The molecule has 0 fully saturated rings. The summed E-state index contributed by atoms with van der Waals surface area (Å²) in [6.07, 6.45) is 4.77. The van der Waals surface area contributed by atoms with E-state index in [1.54, 1.807) is 24.0 Å². The van der Waals surface area contributed by atoms with E-state index in [1.165, 1.54) is 0 Å². The molecule has 0 saturated carbocycles. The molecule has 2 aliphatic heterocycles. The van der Waals surface area contributed by atoms with Crippen LogP contribution in [0.25, 0.3) is 0 Å². The third kappa shape index (κ3) is 11.4. The van der Waals surface area contributed by atoms with Crippen LogP contribution in [0.1, 0.15) is 79.4 Å². The van der Waals surface area contributed by atoms with E-state index >= 15 is 0 Å². The van der Waals surface area contributed by atoms with E-state index in [2.05, 4.69) is 13.5 Å². The Morgan fingerprint density at radius 2 is 1.08 bits per heavy atom. The molecule has 50 heavy (non-hydrogen) atoms. The lowest BCUT2D eigenvalue weighted by atomic mass is 9.93. The number of amides is 2. The van der Waals surface area contributed by atoms with Gasteiger partial charge in [0, 0.05) is 18.6 Å². The van der Waals surface area contributed by atoms with Gasteiger partial charge in [0.1, 0.15) is 29.0 Å². The Hall–Kier alpha value is -5.25. The summed E-state index contributed by atoms with van der Waals surface area (Å²) in [5.74, 6) is 1.40. The maximum Gasteiger partial charge on any atom is 0.415 e. The SMILES string of the molecule is C=CCC1(C)Cc2ccc(OC)cc2N1C(=O)OC(C)(C)C.COc1ccc2c(c1)N(C(=O)OC(C)(C)C)C(C)(CC=O)C2.O=C=O.O=C=O. The molecule has 2 aliphatic rings. The van der Waals surface area contributed by atoms with Crippen molar-refractivity contribution in [2.24, 2.45) is 0 Å². The highest BCUT2D eigenvalue weighted by molar-refractivity contribution is 5.94. The molecule has 2 aromatic carbocycles. The number of rotatable bonds is 6. The number of carbonyl (C=O) groups excluding carboxylic acids is 7. The zero-order valence-electron chi connectivity index (χ0n) is 30.5. The van der Waals surface area contributed by atoms with E-state index < -0.39 is 22.8 Å². The fraction of sp³-hybridized carbons (Fsp3) is 0.486. The standard InChI is InChI=1S/C18H25NO3.C17H23NO4.2CO2/c1-7-10-18(5)12-13-8-9-14(21-6)11-15(13)19(18)16(20)22-17(2,3)4;1-16(2,3)22-15(20)18-14-10-13(21-5)7-6-12(14)11-17(18,4)8-9-19;2*2-1-3/h7-9,11H,1,10,12H2,2-6H3;6-7,9-10H,8,11H2,1-5H3;;. The summed E-state index contributed by atoms with van der Waals surface area (Å²) in [6, 6.07) is 11.4. The fourth-order valence-electron chi connectivity index (χ4n) is 5.69. The Balaban J connectivity index is 0.000000432. The molecule has 4 rings (SSSR count). The lowest BCUT2D eigenvalue weighted by Crippen LogP contribution is -2.50. The molecule has 0 saturated heterocycles. The number of ether oxygens (including phenoxy) is 4. The van der Waals surface area contributed by atoms with Gasteiger partial charge in [0.2, 0.25) is 0 Å². The Kier molecular flexibility index (Phi) is 15.4. The molecule has 0 bridgehead atoms. The number of aldehydes is 1. The molecule has 0 aliphatic carbocycles. The Morgan fingerprint density at radius 1 is 0.740 bits per heavy atom. The van der Waals surface area contributed by atoms with Gasteiger partial charge in [0.25, 0.3) is 0 Å². The third-order valence-electron chi connectivity index (χ3n) is 7.55. The Morgan fingerprint density at radius 3 is 1.36 bits per heavy atom. The predicted molar refractivity (Wildman–Crippen MR) is 183 cm³/mol. The minimum Gasteiger partial charge on any atom is -0.497 e. The molecule has 2 aromatic rings. The van der Waals surface area contributed by atoms with Crippen molar-refractivity contribution in [3.8, 4) is 11.5 Å². The topological polar surface area (TPSA) is 163 Å². The first-order valence-electron chi connectivity index (χ1n) is 15.7. The zero-order valence-corrected chi connectivity index (χ0v) is 30.5. The zero-order chi connectivity index (χ0) is 38.5. The van der Waals surface area contributed by atoms with Gasteiger partial charge in [-0.15, -0.1) is 6.58 Å². The molecule has 2 unspecified atom stereocenters. The third-order valence-corrected chi connectivity index (χ3v) is 7.55. The summed E-state index contributed by atoms with van der Waals surface area (Å²) in [7, 11) is 3.20. The monoisotopic (exact) mass is 696 g/mol. The van der Waals surface area contributed by atoms with E-state index in [4.69, 9.17) is 38.1 Å². The van der Waals surface area contributed by atoms with E-state index in [0.717, 1.165) is 41.0 Å². The van der Waals surface area contributed by atoms with Crippen molar-refractivity contribution in [3.05, 3.63) is 60.2 Å². The number of anilines is 2. The van der Waals surface area contributed by atoms with Gasteiger partial charge in [-0.25, -0.2) is 9.59 Å². The van der Waals surface area contributed by atoms with Crippen molar-refractivity contribution in [2.45, 2.75) is 103 Å². The highest BCUT2D eigenvalue weighted by Gasteiger charge is 2.46. The summed E-state index contributed by atoms with van der Waals surface area (Å²) in [5.41, 5.74) is 1.63. The minimum atomic E-state index is -0.612. The predicted octanol–water partition coefficient (Wildman–Crippen LogP) is 6.50. The molecule has 2 amide bonds. The number of carbonyl (C=O) groups is 3. The normalized spacial score (nSPS) is 18.4. The highest BCUT2D eigenvalue weighted by atomic mass is 16.6. The lowest BCUT2D eigenvalue weighted by molar-refractivity contribution is -0.193. The fourth-order valence-corrected chi connectivity index (χ4v) is 5.69. The van der Waals surface area contributed by atoms with Gasteiger partial charge in [-0.05, 0) is 97.9 Å². The first kappa shape index (κ1) is 42.8. The molecule has 0 radical (unpaired) electrons. The summed E-state index contributed by atoms with van der Waals surface area (Å²) >= 11 is 0. The Labute approximate surface area is 293 Å². The van der Waals surface area contributed by atoms with Crippen molar-refractivity contribution in [2.75, 3.05) is 24.0 Å². The largest absolute Gasteiger partial charge is 0.497 e. The average Bonchev–Trinajstić information content (AvgIpc) is 3.45. The van der Waals surface area contributed by atoms with Crippen LogP contribution in [0.15, 0.2) is 49.1 Å². The quantitative estimate of drug-likeness (QED) is 0.239. The van der Waals surface area contributed by atoms with Gasteiger partial charge < -0.3 is 23.7 Å².